The van der Waals surface area contributed by atoms with Gasteiger partial charge in [-0.2, -0.15) is 4.98 Å². The molecule has 2 unspecified atom stereocenters. The number of nitrogens with one attached hydrogen (secondary N) is 1. The van der Waals surface area contributed by atoms with Crippen molar-refractivity contribution in [1.82, 2.24) is 19.5 Å². The molecule has 0 radical (unpaired) electrons. The number of pyridine rings is 1. The van der Waals surface area contributed by atoms with Gasteiger partial charge in [0.2, 0.25) is 11.9 Å². The smallest absolute Gasteiger partial charge is 0.254 e. The van der Waals surface area contributed by atoms with E-state index in [1.54, 1.807) is 0 Å². The Bertz CT molecular complexity index is 1080. The van der Waals surface area contributed by atoms with E-state index in [9.17, 15) is 13.6 Å². The van der Waals surface area contributed by atoms with Crippen molar-refractivity contribution < 1.29 is 18.3 Å². The Morgan fingerprint density at radius 2 is 1.91 bits per heavy atom. The Hall–Kier alpha value is -2.13. The van der Waals surface area contributed by atoms with Gasteiger partial charge in [-0.15, -0.1) is 5.10 Å². The fourth-order valence-corrected chi connectivity index (χ4v) is 5.98. The molecule has 9 heteroatoms. The Kier molecular flexibility index (Phi) is 3.91. The number of amides is 1. The van der Waals surface area contributed by atoms with Gasteiger partial charge in [-0.1, -0.05) is 6.07 Å². The second kappa shape index (κ2) is 6.47. The molecule has 0 bridgehead atoms. The van der Waals surface area contributed by atoms with E-state index in [1.807, 2.05) is 16.6 Å². The van der Waals surface area contributed by atoms with Gasteiger partial charge in [-0.05, 0) is 56.1 Å². The van der Waals surface area contributed by atoms with Gasteiger partial charge in [0.15, 0.2) is 5.65 Å². The number of carbonyl (C=O) groups excluding carboxylic acids is 1. The second-order valence-corrected chi connectivity index (χ2v) is 10.7. The molecule has 5 aliphatic rings. The normalized spacial score (nSPS) is 33.2. The molecule has 0 aromatic carbocycles. The first-order chi connectivity index (χ1) is 15.4. The minimum absolute atomic E-state index is 0.00532. The van der Waals surface area contributed by atoms with Gasteiger partial charge in [0.1, 0.15) is 12.3 Å². The van der Waals surface area contributed by atoms with Crippen molar-refractivity contribution in [2.75, 3.05) is 18.4 Å². The third-order valence-electron chi connectivity index (χ3n) is 8.25. The summed E-state index contributed by atoms with van der Waals surface area (Å²) in [5, 5.41) is 7.43. The number of nitrogens with zero attached hydrogens (tertiary/aromatic N) is 4. The molecule has 7 nitrogen and oxygen atoms in total. The molecule has 170 valence electrons. The van der Waals surface area contributed by atoms with E-state index in [0.717, 1.165) is 63.0 Å². The average molecular weight is 443 g/mol. The lowest BCUT2D eigenvalue weighted by Gasteiger charge is -2.53. The van der Waals surface area contributed by atoms with Crippen LogP contribution in [-0.4, -0.2) is 56.7 Å². The van der Waals surface area contributed by atoms with Crippen LogP contribution < -0.4 is 5.32 Å². The topological polar surface area (TPSA) is 75.1 Å². The first kappa shape index (κ1) is 19.3. The maximum Gasteiger partial charge on any atom is 0.254 e. The van der Waals surface area contributed by atoms with Gasteiger partial charge in [0.25, 0.3) is 5.92 Å². The number of epoxide rings is 1. The summed E-state index contributed by atoms with van der Waals surface area (Å²) in [5.74, 6) is -2.12. The summed E-state index contributed by atoms with van der Waals surface area (Å²) >= 11 is 0. The van der Waals surface area contributed by atoms with Crippen molar-refractivity contribution in [1.29, 1.82) is 0 Å². The molecule has 5 fully saturated rings. The molecule has 7 rings (SSSR count). The van der Waals surface area contributed by atoms with E-state index >= 15 is 0 Å². The van der Waals surface area contributed by atoms with Crippen molar-refractivity contribution in [2.24, 2.45) is 17.3 Å². The van der Waals surface area contributed by atoms with Crippen molar-refractivity contribution in [3.05, 3.63) is 23.9 Å². The van der Waals surface area contributed by atoms with Crippen LogP contribution in [0.3, 0.4) is 0 Å². The van der Waals surface area contributed by atoms with Gasteiger partial charge in [-0.3, -0.25) is 15.0 Å². The Morgan fingerprint density at radius 3 is 2.59 bits per heavy atom. The minimum Gasteiger partial charge on any atom is -0.352 e. The summed E-state index contributed by atoms with van der Waals surface area (Å²) in [7, 11) is 0. The zero-order valence-corrected chi connectivity index (χ0v) is 17.8. The molecule has 3 atom stereocenters. The van der Waals surface area contributed by atoms with Crippen LogP contribution >= 0.6 is 0 Å². The first-order valence-electron chi connectivity index (χ1n) is 11.8. The summed E-state index contributed by atoms with van der Waals surface area (Å²) in [6.45, 7) is 1.92. The van der Waals surface area contributed by atoms with E-state index in [4.69, 9.17) is 4.74 Å². The predicted octanol–water partition coefficient (Wildman–Crippen LogP) is 3.42. The molecule has 1 spiro atoms. The van der Waals surface area contributed by atoms with Crippen LogP contribution in [0, 0.1) is 17.3 Å². The molecule has 32 heavy (non-hydrogen) atoms. The van der Waals surface area contributed by atoms with E-state index in [2.05, 4.69) is 26.4 Å². The minimum atomic E-state index is -2.50. The lowest BCUT2D eigenvalue weighted by Crippen LogP contribution is -2.58. The van der Waals surface area contributed by atoms with Gasteiger partial charge in [-0.25, -0.2) is 13.3 Å². The molecule has 4 heterocycles. The van der Waals surface area contributed by atoms with Crippen LogP contribution in [0.2, 0.25) is 0 Å². The Balaban J connectivity index is 0.987. The monoisotopic (exact) mass is 443 g/mol. The van der Waals surface area contributed by atoms with Crippen LogP contribution in [0.25, 0.3) is 5.65 Å². The molecule has 1 amide bonds. The maximum absolute atomic E-state index is 13.3. The zero-order chi connectivity index (χ0) is 21.7. The predicted molar refractivity (Wildman–Crippen MR) is 111 cm³/mol. The highest BCUT2D eigenvalue weighted by Gasteiger charge is 2.69. The van der Waals surface area contributed by atoms with Crippen LogP contribution in [-0.2, 0) is 9.53 Å². The maximum atomic E-state index is 13.3. The number of carbonyl (C=O) groups is 1. The van der Waals surface area contributed by atoms with Crippen LogP contribution in [0.4, 0.5) is 14.7 Å². The van der Waals surface area contributed by atoms with Crippen molar-refractivity contribution in [3.8, 4) is 0 Å². The molecular weight excluding hydrogens is 416 g/mol. The third kappa shape index (κ3) is 3.15. The number of halogens is 2. The summed E-state index contributed by atoms with van der Waals surface area (Å²) in [5.41, 5.74) is 2.21. The van der Waals surface area contributed by atoms with E-state index in [1.165, 1.54) is 0 Å². The molecule has 2 aromatic rings. The summed E-state index contributed by atoms with van der Waals surface area (Å²) in [4.78, 5) is 18.8. The van der Waals surface area contributed by atoms with Gasteiger partial charge >= 0.3 is 0 Å². The van der Waals surface area contributed by atoms with Gasteiger partial charge < -0.3 is 4.74 Å². The molecule has 3 aliphatic carbocycles. The number of ether oxygens (including phenoxy) is 1. The van der Waals surface area contributed by atoms with Gasteiger partial charge in [0, 0.05) is 37.0 Å². The van der Waals surface area contributed by atoms with Crippen LogP contribution in [0.15, 0.2) is 18.2 Å². The number of alkyl halides is 2. The summed E-state index contributed by atoms with van der Waals surface area (Å²) < 4.78 is 34.0. The average Bonchev–Trinajstić information content (AvgIpc) is 3.65. The Labute approximate surface area is 184 Å². The van der Waals surface area contributed by atoms with Gasteiger partial charge in [0.05, 0.1) is 5.92 Å². The third-order valence-corrected chi connectivity index (χ3v) is 8.25. The van der Waals surface area contributed by atoms with Crippen LogP contribution in [0.5, 0.6) is 0 Å². The lowest BCUT2D eigenvalue weighted by molar-refractivity contribution is -0.117. The van der Waals surface area contributed by atoms with E-state index in [-0.39, 0.29) is 30.6 Å². The Morgan fingerprint density at radius 1 is 1.16 bits per heavy atom. The number of aromatic nitrogens is 3. The molecular formula is C23H27F2N5O2. The van der Waals surface area contributed by atoms with Crippen molar-refractivity contribution >= 4 is 17.5 Å². The zero-order valence-electron chi connectivity index (χ0n) is 17.8. The summed E-state index contributed by atoms with van der Waals surface area (Å²) in [6, 6.07) is 6.05. The SMILES string of the molecule is O=C(Nc1nc2cccc(C3CCC4(CC3)CN(C3OC3[C@H]3CC3(F)F)C4)n2n1)C1CC1. The highest BCUT2D eigenvalue weighted by atomic mass is 19.3. The number of likely N-dealkylation sites (tertiary alicyclic amines) is 1. The second-order valence-electron chi connectivity index (χ2n) is 10.7. The fourth-order valence-electron chi connectivity index (χ4n) is 5.98. The molecule has 2 saturated heterocycles. The molecule has 1 N–H and O–H groups in total. The number of rotatable bonds is 5. The standard InChI is InChI=1S/C23H27F2N5O2/c24-23(25)10-15(23)18-20(32-18)29-11-22(12-29)8-6-13(7-9-22)16-2-1-3-17-26-21(28-30(16)17)27-19(31)14-4-5-14/h1-3,13-15,18,20H,4-12H2,(H,27,28,31)/t15-,18?,20?/m1/s1. The number of fused-ring (bicyclic) bond motifs is 1. The molecule has 2 aliphatic heterocycles. The highest BCUT2D eigenvalue weighted by molar-refractivity contribution is 5.92. The van der Waals surface area contributed by atoms with Crippen LogP contribution in [0.1, 0.15) is 56.6 Å². The van der Waals surface area contributed by atoms with E-state index < -0.39 is 11.8 Å². The largest absolute Gasteiger partial charge is 0.352 e. The first-order valence-corrected chi connectivity index (χ1v) is 11.8. The lowest BCUT2D eigenvalue weighted by atomic mass is 9.65. The summed E-state index contributed by atoms with van der Waals surface area (Å²) in [6.07, 6.45) is 5.97. The number of hydrogen-bond acceptors (Lipinski definition) is 5. The highest BCUT2D eigenvalue weighted by Crippen LogP contribution is 2.59. The number of hydrogen-bond donors (Lipinski definition) is 1. The molecule has 3 saturated carbocycles. The van der Waals surface area contributed by atoms with E-state index in [0.29, 0.717) is 17.3 Å². The van der Waals surface area contributed by atoms with Crippen molar-refractivity contribution in [3.63, 3.8) is 0 Å². The quantitative estimate of drug-likeness (QED) is 0.717. The van der Waals surface area contributed by atoms with Crippen molar-refractivity contribution in [2.45, 2.75) is 69.1 Å². The molecule has 2 aromatic heterocycles. The number of anilines is 1. The fraction of sp³-hybridized carbons (Fsp3) is 0.696.